The molecular formula is C28H18Br4. The Morgan fingerprint density at radius 3 is 1.12 bits per heavy atom. The fourth-order valence-corrected chi connectivity index (χ4v) is 6.91. The van der Waals surface area contributed by atoms with Gasteiger partial charge in [0, 0.05) is 29.0 Å². The number of halogens is 4. The summed E-state index contributed by atoms with van der Waals surface area (Å²) in [6, 6.07) is 25.9. The van der Waals surface area contributed by atoms with E-state index in [1.54, 1.807) is 0 Å². The van der Waals surface area contributed by atoms with Crippen LogP contribution in [-0.2, 0) is 0 Å². The Kier molecular flexibility index (Phi) is 6.08. The van der Waals surface area contributed by atoms with Gasteiger partial charge in [-0.3, -0.25) is 0 Å². The molecule has 0 radical (unpaired) electrons. The van der Waals surface area contributed by atoms with Crippen molar-refractivity contribution in [1.82, 2.24) is 0 Å². The number of hydrogen-bond acceptors (Lipinski definition) is 0. The first-order valence-electron chi connectivity index (χ1n) is 10.2. The molecule has 5 aromatic carbocycles. The van der Waals surface area contributed by atoms with Gasteiger partial charge in [-0.1, -0.05) is 80.4 Å². The summed E-state index contributed by atoms with van der Waals surface area (Å²) in [6.07, 6.45) is 0. The van der Waals surface area contributed by atoms with Crippen molar-refractivity contribution >= 4 is 85.3 Å². The molecular weight excluding hydrogens is 656 g/mol. The Morgan fingerprint density at radius 2 is 0.781 bits per heavy atom. The maximum Gasteiger partial charge on any atom is 0.0293 e. The third kappa shape index (κ3) is 3.69. The zero-order valence-electron chi connectivity index (χ0n) is 17.4. The molecule has 0 aliphatic heterocycles. The Hall–Kier alpha value is -1.46. The summed E-state index contributed by atoms with van der Waals surface area (Å²) in [7, 11) is 0. The third-order valence-corrected chi connectivity index (χ3v) is 9.35. The topological polar surface area (TPSA) is 0 Å². The second-order valence-corrected chi connectivity index (χ2v) is 11.3. The molecule has 0 aromatic heterocycles. The van der Waals surface area contributed by atoms with Crippen LogP contribution < -0.4 is 0 Å². The summed E-state index contributed by atoms with van der Waals surface area (Å²) in [4.78, 5) is 0. The zero-order chi connectivity index (χ0) is 22.6. The van der Waals surface area contributed by atoms with Crippen LogP contribution in [0.3, 0.4) is 0 Å². The molecule has 4 heteroatoms. The normalized spacial score (nSPS) is 11.4. The van der Waals surface area contributed by atoms with Crippen molar-refractivity contribution in [3.63, 3.8) is 0 Å². The third-order valence-electron chi connectivity index (χ3n) is 6.06. The molecule has 32 heavy (non-hydrogen) atoms. The Morgan fingerprint density at radius 1 is 0.469 bits per heavy atom. The van der Waals surface area contributed by atoms with Crippen LogP contribution in [0.4, 0.5) is 0 Å². The van der Waals surface area contributed by atoms with E-state index >= 15 is 0 Å². The lowest BCUT2D eigenvalue weighted by Gasteiger charge is -2.21. The average molecular weight is 674 g/mol. The molecule has 0 aliphatic carbocycles. The SMILES string of the molecule is Cc1c(Br)c(-c2cc3ccccc3cc2Br)c(C)c(Br)c1-c1cc2ccccc2cc1Br. The maximum atomic E-state index is 3.97. The molecule has 0 N–H and O–H groups in total. The summed E-state index contributed by atoms with van der Waals surface area (Å²) in [5.41, 5.74) is 7.17. The molecule has 0 spiro atoms. The average Bonchev–Trinajstić information content (AvgIpc) is 2.78. The van der Waals surface area contributed by atoms with E-state index in [1.165, 1.54) is 54.9 Å². The second kappa shape index (κ2) is 8.72. The van der Waals surface area contributed by atoms with Crippen LogP contribution in [0.2, 0.25) is 0 Å². The maximum absolute atomic E-state index is 3.97. The first kappa shape index (κ1) is 22.3. The molecule has 0 unspecified atom stereocenters. The molecule has 5 rings (SSSR count). The van der Waals surface area contributed by atoms with Gasteiger partial charge >= 0.3 is 0 Å². The molecule has 0 fully saturated rings. The molecule has 0 aliphatic rings. The lowest BCUT2D eigenvalue weighted by molar-refractivity contribution is 1.33. The fraction of sp³-hybridized carbons (Fsp3) is 0.0714. The first-order chi connectivity index (χ1) is 15.4. The van der Waals surface area contributed by atoms with Crippen LogP contribution in [0.25, 0.3) is 43.8 Å². The van der Waals surface area contributed by atoms with E-state index in [4.69, 9.17) is 0 Å². The quantitative estimate of drug-likeness (QED) is 0.175. The zero-order valence-corrected chi connectivity index (χ0v) is 23.8. The highest BCUT2D eigenvalue weighted by Crippen LogP contribution is 2.48. The van der Waals surface area contributed by atoms with Gasteiger partial charge in [0.15, 0.2) is 0 Å². The van der Waals surface area contributed by atoms with Crippen molar-refractivity contribution in [3.05, 3.63) is 102 Å². The summed E-state index contributed by atoms with van der Waals surface area (Å²) in [5.74, 6) is 0. The van der Waals surface area contributed by atoms with E-state index in [-0.39, 0.29) is 0 Å². The minimum atomic E-state index is 1.09. The highest BCUT2D eigenvalue weighted by atomic mass is 79.9. The van der Waals surface area contributed by atoms with E-state index in [2.05, 4.69) is 150 Å². The van der Waals surface area contributed by atoms with Crippen molar-refractivity contribution in [2.24, 2.45) is 0 Å². The van der Waals surface area contributed by atoms with Crippen LogP contribution in [0.15, 0.2) is 90.7 Å². The fourth-order valence-electron chi connectivity index (χ4n) is 4.37. The molecule has 0 amide bonds. The van der Waals surface area contributed by atoms with Crippen molar-refractivity contribution < 1.29 is 0 Å². The van der Waals surface area contributed by atoms with E-state index < -0.39 is 0 Å². The first-order valence-corrected chi connectivity index (χ1v) is 13.4. The molecule has 0 heterocycles. The second-order valence-electron chi connectivity index (χ2n) is 7.99. The Balaban J connectivity index is 1.79. The number of fused-ring (bicyclic) bond motifs is 2. The van der Waals surface area contributed by atoms with Crippen molar-refractivity contribution in [2.45, 2.75) is 13.8 Å². The van der Waals surface area contributed by atoms with Gasteiger partial charge in [-0.15, -0.1) is 0 Å². The lowest BCUT2D eigenvalue weighted by atomic mass is 9.90. The molecule has 158 valence electrons. The van der Waals surface area contributed by atoms with Gasteiger partial charge in [0.1, 0.15) is 0 Å². The smallest absolute Gasteiger partial charge is 0.0293 e. The minimum Gasteiger partial charge on any atom is -0.0616 e. The number of hydrogen-bond donors (Lipinski definition) is 0. The van der Waals surface area contributed by atoms with E-state index in [9.17, 15) is 0 Å². The van der Waals surface area contributed by atoms with E-state index in [1.807, 2.05) is 0 Å². The van der Waals surface area contributed by atoms with Gasteiger partial charge in [-0.05, 0) is 114 Å². The van der Waals surface area contributed by atoms with E-state index in [0.717, 1.165) is 17.9 Å². The van der Waals surface area contributed by atoms with Gasteiger partial charge in [0.2, 0.25) is 0 Å². The summed E-state index contributed by atoms with van der Waals surface area (Å²) < 4.78 is 4.41. The minimum absolute atomic E-state index is 1.09. The molecule has 0 atom stereocenters. The van der Waals surface area contributed by atoms with Gasteiger partial charge < -0.3 is 0 Å². The monoisotopic (exact) mass is 670 g/mol. The molecule has 0 saturated carbocycles. The molecule has 0 saturated heterocycles. The molecule has 0 nitrogen and oxygen atoms in total. The van der Waals surface area contributed by atoms with Gasteiger partial charge in [-0.25, -0.2) is 0 Å². The predicted octanol–water partition coefficient (Wildman–Crippen LogP) is 11.0. The summed E-state index contributed by atoms with van der Waals surface area (Å²) in [5, 5.41) is 4.91. The van der Waals surface area contributed by atoms with E-state index in [0.29, 0.717) is 0 Å². The number of benzene rings is 5. The molecule has 5 aromatic rings. The standard InChI is InChI=1S/C28H18Br4/c1-15-25(21-11-17-7-3-5-9-19(17)13-23(21)29)28(32)16(2)26(27(15)31)22-12-18-8-4-6-10-20(18)14-24(22)30/h3-14H,1-2H3. The largest absolute Gasteiger partial charge is 0.0616 e. The van der Waals surface area contributed by atoms with Crippen LogP contribution in [0.5, 0.6) is 0 Å². The van der Waals surface area contributed by atoms with Crippen molar-refractivity contribution in [1.29, 1.82) is 0 Å². The number of rotatable bonds is 2. The summed E-state index contributed by atoms with van der Waals surface area (Å²) >= 11 is 15.6. The lowest BCUT2D eigenvalue weighted by Crippen LogP contribution is -1.97. The van der Waals surface area contributed by atoms with Crippen LogP contribution >= 0.6 is 63.7 Å². The van der Waals surface area contributed by atoms with Gasteiger partial charge in [0.25, 0.3) is 0 Å². The van der Waals surface area contributed by atoms with Gasteiger partial charge in [0.05, 0.1) is 0 Å². The highest BCUT2D eigenvalue weighted by Gasteiger charge is 2.22. The van der Waals surface area contributed by atoms with Crippen LogP contribution in [0, 0.1) is 13.8 Å². The van der Waals surface area contributed by atoms with Crippen molar-refractivity contribution in [3.8, 4) is 22.3 Å². The Labute approximate surface area is 221 Å². The predicted molar refractivity (Wildman–Crippen MR) is 153 cm³/mol. The Bertz CT molecular complexity index is 1390. The van der Waals surface area contributed by atoms with Gasteiger partial charge in [-0.2, -0.15) is 0 Å². The molecule has 0 bridgehead atoms. The van der Waals surface area contributed by atoms with Crippen LogP contribution in [-0.4, -0.2) is 0 Å². The summed E-state index contributed by atoms with van der Waals surface area (Å²) in [6.45, 7) is 4.37. The van der Waals surface area contributed by atoms with Crippen LogP contribution in [0.1, 0.15) is 11.1 Å². The van der Waals surface area contributed by atoms with Crippen molar-refractivity contribution in [2.75, 3.05) is 0 Å². The highest BCUT2D eigenvalue weighted by molar-refractivity contribution is 9.11.